The molecule has 7 nitrogen and oxygen atoms in total. The monoisotopic (exact) mass is 291 g/mol. The number of esters is 2. The summed E-state index contributed by atoms with van der Waals surface area (Å²) in [7, 11) is -2.89. The Morgan fingerprint density at radius 2 is 2.05 bits per heavy atom. The molecule has 0 aromatic carbocycles. The number of sulfone groups is 1. The Bertz CT molecular complexity index is 446. The van der Waals surface area contributed by atoms with Gasteiger partial charge in [0.25, 0.3) is 0 Å². The molecule has 1 unspecified atom stereocenters. The molecular weight excluding hydrogens is 274 g/mol. The predicted molar refractivity (Wildman–Crippen MR) is 65.2 cm³/mol. The Balaban J connectivity index is 1.65. The van der Waals surface area contributed by atoms with Gasteiger partial charge in [0.05, 0.1) is 24.3 Å². The van der Waals surface area contributed by atoms with Gasteiger partial charge < -0.3 is 14.4 Å². The van der Waals surface area contributed by atoms with Gasteiger partial charge >= 0.3 is 11.9 Å². The smallest absolute Gasteiger partial charge is 0.309 e. The molecule has 19 heavy (non-hydrogen) atoms. The third-order valence-corrected chi connectivity index (χ3v) is 4.80. The Kier molecular flexibility index (Phi) is 4.41. The number of cyclic esters (lactones) is 1. The number of rotatable bonds is 4. The second-order valence-corrected chi connectivity index (χ2v) is 7.05. The van der Waals surface area contributed by atoms with Crippen molar-refractivity contribution < 1.29 is 27.5 Å². The average Bonchev–Trinajstić information content (AvgIpc) is 2.73. The fourth-order valence-corrected chi connectivity index (χ4v) is 3.31. The minimum atomic E-state index is -2.89. The van der Waals surface area contributed by atoms with Crippen LogP contribution in [0.2, 0.25) is 0 Å². The van der Waals surface area contributed by atoms with Crippen molar-refractivity contribution in [3.8, 4) is 0 Å². The first-order valence-corrected chi connectivity index (χ1v) is 8.05. The predicted octanol–water partition coefficient (Wildman–Crippen LogP) is -1.03. The Hall–Kier alpha value is -1.15. The molecule has 108 valence electrons. The van der Waals surface area contributed by atoms with Crippen LogP contribution in [0.3, 0.4) is 0 Å². The third kappa shape index (κ3) is 4.46. The van der Waals surface area contributed by atoms with Gasteiger partial charge in [-0.05, 0) is 0 Å². The van der Waals surface area contributed by atoms with Gasteiger partial charge in [0.15, 0.2) is 9.84 Å². The van der Waals surface area contributed by atoms with E-state index in [4.69, 9.17) is 9.47 Å². The van der Waals surface area contributed by atoms with E-state index in [1.807, 2.05) is 4.90 Å². The summed E-state index contributed by atoms with van der Waals surface area (Å²) in [5.41, 5.74) is 0. The average molecular weight is 291 g/mol. The van der Waals surface area contributed by atoms with Crippen LogP contribution in [-0.2, 0) is 28.9 Å². The summed E-state index contributed by atoms with van der Waals surface area (Å²) < 4.78 is 32.2. The molecular formula is C11H17NO6S. The molecule has 2 heterocycles. The minimum absolute atomic E-state index is 0.119. The Labute approximate surface area is 111 Å². The van der Waals surface area contributed by atoms with Crippen LogP contribution in [0.1, 0.15) is 12.8 Å². The molecule has 0 N–H and O–H groups in total. The first kappa shape index (κ1) is 14.3. The number of carbonyl (C=O) groups excluding carboxylic acids is 2. The first-order valence-electron chi connectivity index (χ1n) is 6.22. The van der Waals surface area contributed by atoms with E-state index < -0.39 is 15.9 Å². The minimum Gasteiger partial charge on any atom is -0.462 e. The lowest BCUT2D eigenvalue weighted by molar-refractivity contribution is -0.149. The topological polar surface area (TPSA) is 90.0 Å². The number of hydrogen-bond acceptors (Lipinski definition) is 7. The molecule has 2 saturated heterocycles. The van der Waals surface area contributed by atoms with Gasteiger partial charge in [0, 0.05) is 19.6 Å². The zero-order valence-corrected chi connectivity index (χ0v) is 11.4. The summed E-state index contributed by atoms with van der Waals surface area (Å²) in [6.07, 6.45) is -0.153. The number of carbonyl (C=O) groups is 2. The highest BCUT2D eigenvalue weighted by Crippen LogP contribution is 2.11. The maximum absolute atomic E-state index is 11.5. The molecule has 0 spiro atoms. The van der Waals surface area contributed by atoms with Gasteiger partial charge in [-0.2, -0.15) is 0 Å². The number of nitrogens with zero attached hydrogens (tertiary/aromatic N) is 1. The molecule has 0 aromatic rings. The molecule has 0 aliphatic carbocycles. The molecule has 0 amide bonds. The lowest BCUT2D eigenvalue weighted by Gasteiger charge is -2.26. The van der Waals surface area contributed by atoms with Crippen LogP contribution in [-0.4, -0.2) is 69.1 Å². The van der Waals surface area contributed by atoms with E-state index in [0.29, 0.717) is 19.6 Å². The summed E-state index contributed by atoms with van der Waals surface area (Å²) in [6.45, 7) is 1.53. The second-order valence-electron chi connectivity index (χ2n) is 4.74. The molecule has 2 fully saturated rings. The van der Waals surface area contributed by atoms with E-state index in [1.54, 1.807) is 0 Å². The van der Waals surface area contributed by atoms with Crippen molar-refractivity contribution >= 4 is 21.8 Å². The summed E-state index contributed by atoms with van der Waals surface area (Å²) in [6, 6.07) is 0. The molecule has 2 aliphatic rings. The molecule has 0 radical (unpaired) electrons. The fourth-order valence-electron chi connectivity index (χ4n) is 2.03. The van der Waals surface area contributed by atoms with Crippen LogP contribution in [0.15, 0.2) is 0 Å². The first-order chi connectivity index (χ1) is 8.94. The Morgan fingerprint density at radius 1 is 1.37 bits per heavy atom. The highest BCUT2D eigenvalue weighted by molar-refractivity contribution is 7.91. The van der Waals surface area contributed by atoms with Crippen molar-refractivity contribution in [1.82, 2.24) is 4.90 Å². The lowest BCUT2D eigenvalue weighted by Crippen LogP contribution is -2.41. The summed E-state index contributed by atoms with van der Waals surface area (Å²) in [5, 5.41) is 0. The Morgan fingerprint density at radius 3 is 2.63 bits per heavy atom. The van der Waals surface area contributed by atoms with E-state index in [1.165, 1.54) is 0 Å². The zero-order valence-electron chi connectivity index (χ0n) is 10.5. The largest absolute Gasteiger partial charge is 0.462 e. The van der Waals surface area contributed by atoms with E-state index in [-0.39, 0.29) is 42.9 Å². The highest BCUT2D eigenvalue weighted by atomic mass is 32.2. The summed E-state index contributed by atoms with van der Waals surface area (Å²) >= 11 is 0. The van der Waals surface area contributed by atoms with Crippen molar-refractivity contribution in [3.05, 3.63) is 0 Å². The van der Waals surface area contributed by atoms with E-state index in [0.717, 1.165) is 0 Å². The third-order valence-electron chi connectivity index (χ3n) is 3.19. The van der Waals surface area contributed by atoms with Crippen molar-refractivity contribution in [3.63, 3.8) is 0 Å². The van der Waals surface area contributed by atoms with Gasteiger partial charge in [0.1, 0.15) is 12.7 Å². The van der Waals surface area contributed by atoms with Crippen LogP contribution in [0, 0.1) is 0 Å². The van der Waals surface area contributed by atoms with Gasteiger partial charge in [-0.3, -0.25) is 9.59 Å². The summed E-state index contributed by atoms with van der Waals surface area (Å²) in [4.78, 5) is 24.3. The van der Waals surface area contributed by atoms with Crippen molar-refractivity contribution in [2.24, 2.45) is 0 Å². The number of ether oxygens (including phenoxy) is 2. The van der Waals surface area contributed by atoms with Crippen molar-refractivity contribution in [2.45, 2.75) is 18.9 Å². The normalized spacial score (nSPS) is 26.9. The van der Waals surface area contributed by atoms with Crippen LogP contribution in [0.25, 0.3) is 0 Å². The molecule has 0 bridgehead atoms. The molecule has 2 aliphatic heterocycles. The molecule has 2 rings (SSSR count). The maximum atomic E-state index is 11.5. The van der Waals surface area contributed by atoms with Gasteiger partial charge in [0.2, 0.25) is 0 Å². The van der Waals surface area contributed by atoms with Crippen molar-refractivity contribution in [2.75, 3.05) is 37.7 Å². The van der Waals surface area contributed by atoms with Crippen LogP contribution < -0.4 is 0 Å². The fraction of sp³-hybridized carbons (Fsp3) is 0.818. The van der Waals surface area contributed by atoms with Crippen LogP contribution >= 0.6 is 0 Å². The molecule has 0 aromatic heterocycles. The van der Waals surface area contributed by atoms with Gasteiger partial charge in [-0.25, -0.2) is 8.42 Å². The maximum Gasteiger partial charge on any atom is 0.309 e. The summed E-state index contributed by atoms with van der Waals surface area (Å²) in [5.74, 6) is -0.434. The van der Waals surface area contributed by atoms with E-state index >= 15 is 0 Å². The quantitative estimate of drug-likeness (QED) is 0.611. The van der Waals surface area contributed by atoms with Crippen LogP contribution in [0.5, 0.6) is 0 Å². The zero-order chi connectivity index (χ0) is 13.9. The second kappa shape index (κ2) is 5.87. The molecule has 0 saturated carbocycles. The lowest BCUT2D eigenvalue weighted by atomic mass is 10.3. The standard InChI is InChI=1S/C11H17NO6S/c13-10(18-9-7-11(14)17-8-9)1-2-12-3-5-19(15,16)6-4-12/h9H,1-8H2. The van der Waals surface area contributed by atoms with Crippen LogP contribution in [0.4, 0.5) is 0 Å². The van der Waals surface area contributed by atoms with Gasteiger partial charge in [-0.1, -0.05) is 0 Å². The van der Waals surface area contributed by atoms with E-state index in [9.17, 15) is 18.0 Å². The van der Waals surface area contributed by atoms with Gasteiger partial charge in [-0.15, -0.1) is 0 Å². The molecule has 1 atom stereocenters. The highest BCUT2D eigenvalue weighted by Gasteiger charge is 2.27. The van der Waals surface area contributed by atoms with E-state index in [2.05, 4.69) is 0 Å². The van der Waals surface area contributed by atoms with Crippen molar-refractivity contribution in [1.29, 1.82) is 0 Å². The molecule has 8 heteroatoms. The number of hydrogen-bond donors (Lipinski definition) is 0. The SMILES string of the molecule is O=C1CC(OC(=O)CCN2CCS(=O)(=O)CC2)CO1.